The molecule has 1 aliphatic rings. The van der Waals surface area contributed by atoms with Crippen LogP contribution in [0.1, 0.15) is 21.6 Å². The van der Waals surface area contributed by atoms with Gasteiger partial charge in [-0.25, -0.2) is 9.38 Å². The molecule has 0 bridgehead atoms. The molecule has 2 heterocycles. The molecule has 1 atom stereocenters. The van der Waals surface area contributed by atoms with Crippen molar-refractivity contribution in [1.29, 1.82) is 0 Å². The molecule has 1 aromatic heterocycles. The van der Waals surface area contributed by atoms with E-state index in [1.165, 1.54) is 11.0 Å². The first-order chi connectivity index (χ1) is 15.9. The van der Waals surface area contributed by atoms with Gasteiger partial charge in [0.1, 0.15) is 11.5 Å². The summed E-state index contributed by atoms with van der Waals surface area (Å²) in [5.74, 6) is -1.45. The molecule has 0 fully saturated rings. The van der Waals surface area contributed by atoms with E-state index >= 15 is 0 Å². The van der Waals surface area contributed by atoms with Crippen LogP contribution in [0.5, 0.6) is 0 Å². The second-order valence-corrected chi connectivity index (χ2v) is 8.04. The summed E-state index contributed by atoms with van der Waals surface area (Å²) in [6.45, 7) is 0. The zero-order chi connectivity index (χ0) is 23.1. The van der Waals surface area contributed by atoms with Crippen molar-refractivity contribution < 1.29 is 14.0 Å². The first kappa shape index (κ1) is 20.9. The number of anilines is 1. The summed E-state index contributed by atoms with van der Waals surface area (Å²) in [5, 5.41) is 3.87. The number of halogens is 2. The van der Waals surface area contributed by atoms with Crippen molar-refractivity contribution in [1.82, 2.24) is 10.3 Å². The number of nitrogens with zero attached hydrogens (tertiary/aromatic N) is 2. The third kappa shape index (κ3) is 3.66. The van der Waals surface area contributed by atoms with Gasteiger partial charge in [0, 0.05) is 34.1 Å². The summed E-state index contributed by atoms with van der Waals surface area (Å²) >= 11 is 6.21. The predicted octanol–water partition coefficient (Wildman–Crippen LogP) is 4.53. The topological polar surface area (TPSA) is 77.6 Å². The van der Waals surface area contributed by atoms with Crippen LogP contribution >= 0.6 is 11.6 Å². The van der Waals surface area contributed by atoms with Crippen LogP contribution in [-0.4, -0.2) is 35.7 Å². The van der Waals surface area contributed by atoms with Gasteiger partial charge in [0.25, 0.3) is 11.8 Å². The lowest BCUT2D eigenvalue weighted by Crippen LogP contribution is -2.46. The lowest BCUT2D eigenvalue weighted by atomic mass is 10.00. The molecule has 6 nitrogen and oxygen atoms in total. The van der Waals surface area contributed by atoms with E-state index in [9.17, 15) is 14.0 Å². The van der Waals surface area contributed by atoms with E-state index in [1.54, 1.807) is 73.8 Å². The van der Waals surface area contributed by atoms with E-state index in [1.807, 2.05) is 0 Å². The standard InChI is InChI=1S/C25H18ClFN4O2/c1-31-21-12-5-3-8-15(21)22(14-7-2-4-10-18(14)27)29-23(25(31)33)30-24(32)20-13-16-17(26)9-6-11-19(16)28-20/h2-13,23,28H,1H3,(H,30,32). The van der Waals surface area contributed by atoms with E-state index in [4.69, 9.17) is 11.6 Å². The van der Waals surface area contributed by atoms with Gasteiger partial charge in [-0.05, 0) is 36.4 Å². The Bertz CT molecular complexity index is 1450. The molecule has 1 unspecified atom stereocenters. The number of benzodiazepines with no additional fused rings is 1. The zero-order valence-electron chi connectivity index (χ0n) is 17.5. The number of hydrogen-bond acceptors (Lipinski definition) is 3. The lowest BCUT2D eigenvalue weighted by Gasteiger charge is -2.20. The molecule has 5 rings (SSSR count). The normalized spacial score (nSPS) is 15.7. The smallest absolute Gasteiger partial charge is 0.272 e. The summed E-state index contributed by atoms with van der Waals surface area (Å²) in [4.78, 5) is 35.2. The highest BCUT2D eigenvalue weighted by Gasteiger charge is 2.32. The first-order valence-electron chi connectivity index (χ1n) is 10.2. The van der Waals surface area contributed by atoms with Crippen LogP contribution < -0.4 is 10.2 Å². The molecule has 33 heavy (non-hydrogen) atoms. The maximum Gasteiger partial charge on any atom is 0.272 e. The van der Waals surface area contributed by atoms with Gasteiger partial charge in [0.2, 0.25) is 6.17 Å². The molecule has 4 aromatic rings. The average Bonchev–Trinajstić information content (AvgIpc) is 3.24. The van der Waals surface area contributed by atoms with Crippen LogP contribution in [0.15, 0.2) is 77.8 Å². The molecule has 2 amide bonds. The molecule has 2 N–H and O–H groups in total. The molecular weight excluding hydrogens is 443 g/mol. The number of aromatic amines is 1. The minimum Gasteiger partial charge on any atom is -0.350 e. The summed E-state index contributed by atoms with van der Waals surface area (Å²) in [6.07, 6.45) is -1.26. The Morgan fingerprint density at radius 1 is 1.06 bits per heavy atom. The van der Waals surface area contributed by atoms with Crippen LogP contribution in [0.3, 0.4) is 0 Å². The van der Waals surface area contributed by atoms with Gasteiger partial charge in [-0.15, -0.1) is 0 Å². The van der Waals surface area contributed by atoms with Crippen LogP contribution in [-0.2, 0) is 4.79 Å². The Morgan fingerprint density at radius 3 is 2.55 bits per heavy atom. The van der Waals surface area contributed by atoms with Gasteiger partial charge < -0.3 is 15.2 Å². The molecule has 8 heteroatoms. The predicted molar refractivity (Wildman–Crippen MR) is 126 cm³/mol. The maximum absolute atomic E-state index is 14.7. The Kier molecular flexibility index (Phi) is 5.18. The van der Waals surface area contributed by atoms with E-state index in [0.717, 1.165) is 0 Å². The largest absolute Gasteiger partial charge is 0.350 e. The van der Waals surface area contributed by atoms with Crippen molar-refractivity contribution in [3.8, 4) is 0 Å². The number of amides is 2. The van der Waals surface area contributed by atoms with Crippen LogP contribution in [0.2, 0.25) is 5.02 Å². The minimum absolute atomic E-state index is 0.234. The number of para-hydroxylation sites is 1. The molecule has 1 aliphatic heterocycles. The van der Waals surface area contributed by atoms with Crippen LogP contribution in [0, 0.1) is 5.82 Å². The van der Waals surface area contributed by atoms with E-state index in [0.29, 0.717) is 27.2 Å². The first-order valence-corrected chi connectivity index (χ1v) is 10.6. The average molecular weight is 461 g/mol. The fraction of sp³-hybridized carbons (Fsp3) is 0.0800. The van der Waals surface area contributed by atoms with Crippen molar-refractivity contribution >= 4 is 45.7 Å². The number of hydrogen-bond donors (Lipinski definition) is 2. The van der Waals surface area contributed by atoms with Gasteiger partial charge in [-0.1, -0.05) is 48.0 Å². The number of likely N-dealkylation sites (N-methyl/N-ethyl adjacent to an activating group) is 1. The fourth-order valence-corrected chi connectivity index (χ4v) is 4.16. The van der Waals surface area contributed by atoms with Gasteiger partial charge >= 0.3 is 0 Å². The Balaban J connectivity index is 1.58. The van der Waals surface area contributed by atoms with Crippen LogP contribution in [0.4, 0.5) is 10.1 Å². The third-order valence-electron chi connectivity index (χ3n) is 5.60. The zero-order valence-corrected chi connectivity index (χ0v) is 18.2. The van der Waals surface area contributed by atoms with E-state index in [2.05, 4.69) is 15.3 Å². The molecule has 0 saturated carbocycles. The highest BCUT2D eigenvalue weighted by atomic mass is 35.5. The Morgan fingerprint density at radius 2 is 1.79 bits per heavy atom. The fourth-order valence-electron chi connectivity index (χ4n) is 3.93. The summed E-state index contributed by atoms with van der Waals surface area (Å²) in [5.41, 5.74) is 2.61. The highest BCUT2D eigenvalue weighted by Crippen LogP contribution is 2.28. The molecule has 0 radical (unpaired) electrons. The molecular formula is C25H18ClFN4O2. The maximum atomic E-state index is 14.7. The van der Waals surface area contributed by atoms with Crippen molar-refractivity contribution in [2.45, 2.75) is 6.17 Å². The summed E-state index contributed by atoms with van der Waals surface area (Å²) < 4.78 is 14.7. The number of aromatic nitrogens is 1. The highest BCUT2D eigenvalue weighted by molar-refractivity contribution is 6.35. The Hall–Kier alpha value is -3.97. The number of aliphatic imine (C=N–C) groups is 1. The van der Waals surface area contributed by atoms with Crippen molar-refractivity contribution in [3.63, 3.8) is 0 Å². The number of carbonyl (C=O) groups excluding carboxylic acids is 2. The van der Waals surface area contributed by atoms with E-state index < -0.39 is 23.8 Å². The number of nitrogens with one attached hydrogen (secondary N) is 2. The van der Waals surface area contributed by atoms with Crippen LogP contribution in [0.25, 0.3) is 10.9 Å². The molecule has 164 valence electrons. The lowest BCUT2D eigenvalue weighted by molar-refractivity contribution is -0.119. The number of rotatable bonds is 3. The minimum atomic E-state index is -1.26. The van der Waals surface area contributed by atoms with Gasteiger partial charge in [-0.3, -0.25) is 9.59 Å². The molecule has 0 saturated heterocycles. The molecule has 0 spiro atoms. The summed E-state index contributed by atoms with van der Waals surface area (Å²) in [7, 11) is 1.60. The number of carbonyl (C=O) groups is 2. The third-order valence-corrected chi connectivity index (χ3v) is 5.93. The second-order valence-electron chi connectivity index (χ2n) is 7.63. The quantitative estimate of drug-likeness (QED) is 0.471. The second kappa shape index (κ2) is 8.18. The van der Waals surface area contributed by atoms with Gasteiger partial charge in [-0.2, -0.15) is 0 Å². The number of fused-ring (bicyclic) bond motifs is 2. The van der Waals surface area contributed by atoms with Crippen molar-refractivity contribution in [3.05, 3.63) is 100 Å². The van der Waals surface area contributed by atoms with Gasteiger partial charge in [0.05, 0.1) is 11.4 Å². The summed E-state index contributed by atoms with van der Waals surface area (Å²) in [6, 6.07) is 20.2. The monoisotopic (exact) mass is 460 g/mol. The van der Waals surface area contributed by atoms with Gasteiger partial charge in [0.15, 0.2) is 0 Å². The van der Waals surface area contributed by atoms with Crippen molar-refractivity contribution in [2.24, 2.45) is 4.99 Å². The van der Waals surface area contributed by atoms with E-state index in [-0.39, 0.29) is 17.0 Å². The number of benzene rings is 3. The van der Waals surface area contributed by atoms with Crippen molar-refractivity contribution in [2.75, 3.05) is 11.9 Å². The molecule has 3 aromatic carbocycles. The SMILES string of the molecule is CN1C(=O)C(NC(=O)c2cc3c(Cl)cccc3[nH]2)N=C(c2ccccc2F)c2ccccc21. The Labute approximate surface area is 193 Å². The molecule has 0 aliphatic carbocycles. The number of H-pyrrole nitrogens is 1.